The lowest BCUT2D eigenvalue weighted by Gasteiger charge is -2.25. The molecule has 0 spiro atoms. The second-order valence-electron chi connectivity index (χ2n) is 13.1. The van der Waals surface area contributed by atoms with Crippen LogP contribution in [0, 0.1) is 5.41 Å². The van der Waals surface area contributed by atoms with E-state index in [1.807, 2.05) is 30.3 Å². The summed E-state index contributed by atoms with van der Waals surface area (Å²) in [5.74, 6) is -2.27. The van der Waals surface area contributed by atoms with Gasteiger partial charge in [0.15, 0.2) is 5.96 Å². The quantitative estimate of drug-likeness (QED) is 0.0373. The van der Waals surface area contributed by atoms with Crippen molar-refractivity contribution in [1.82, 2.24) is 31.2 Å². The van der Waals surface area contributed by atoms with Crippen LogP contribution in [0.1, 0.15) is 121 Å². The van der Waals surface area contributed by atoms with Crippen molar-refractivity contribution in [1.29, 1.82) is 5.41 Å². The minimum absolute atomic E-state index is 0.131. The monoisotopic (exact) mass is 695 g/mol. The van der Waals surface area contributed by atoms with Crippen molar-refractivity contribution in [2.75, 3.05) is 6.54 Å². The van der Waals surface area contributed by atoms with Crippen LogP contribution in [0.3, 0.4) is 0 Å². The van der Waals surface area contributed by atoms with Gasteiger partial charge in [-0.1, -0.05) is 114 Å². The number of unbranched alkanes of at least 4 members (excludes halogenated alkanes) is 12. The Morgan fingerprint density at radius 1 is 0.740 bits per heavy atom. The minimum atomic E-state index is -1.05. The standard InChI is InChI=1S/C37H61N9O4/c1-2-3-4-5-6-7-8-9-10-11-12-13-17-22-33(47)44-32(25-29-26-41-27-43-29)36(50)46-31(24-28-19-15-14-16-20-28)35(49)45-30(34(38)48)21-18-23-42-37(39)40/h14-16,19-20,26-27,30-32H,2-13,17-18,21-25H2,1H3,(H2,38,48)(H,41,43)(H,44,47)(H,45,49)(H,46,50)(H4,39,40,42)/t30-,31+,32-/m0/s1. The number of carbonyl (C=O) groups excluding carboxylic acids is 4. The van der Waals surface area contributed by atoms with E-state index in [9.17, 15) is 19.2 Å². The molecule has 2 aromatic rings. The first-order valence-electron chi connectivity index (χ1n) is 18.5. The number of nitrogens with zero attached hydrogens (tertiary/aromatic N) is 1. The molecule has 0 bridgehead atoms. The van der Waals surface area contributed by atoms with Gasteiger partial charge in [-0.05, 0) is 24.8 Å². The molecule has 1 aromatic carbocycles. The van der Waals surface area contributed by atoms with E-state index >= 15 is 0 Å². The van der Waals surface area contributed by atoms with Gasteiger partial charge in [-0.2, -0.15) is 0 Å². The average molecular weight is 696 g/mol. The van der Waals surface area contributed by atoms with E-state index in [0.29, 0.717) is 25.1 Å². The molecule has 13 heteroatoms. The molecule has 50 heavy (non-hydrogen) atoms. The Morgan fingerprint density at radius 3 is 1.84 bits per heavy atom. The third-order valence-corrected chi connectivity index (χ3v) is 8.69. The molecule has 4 amide bonds. The molecule has 3 atom stereocenters. The minimum Gasteiger partial charge on any atom is -0.370 e. The summed E-state index contributed by atoms with van der Waals surface area (Å²) in [6.45, 7) is 2.57. The summed E-state index contributed by atoms with van der Waals surface area (Å²) in [5, 5.41) is 18.3. The van der Waals surface area contributed by atoms with Crippen LogP contribution in [0.5, 0.6) is 0 Å². The van der Waals surface area contributed by atoms with Crippen LogP contribution in [0.15, 0.2) is 42.9 Å². The predicted octanol–water partition coefficient (Wildman–Crippen LogP) is 3.88. The van der Waals surface area contributed by atoms with Crippen LogP contribution in [0.2, 0.25) is 0 Å². The van der Waals surface area contributed by atoms with Crippen LogP contribution >= 0.6 is 0 Å². The van der Waals surface area contributed by atoms with Crippen molar-refractivity contribution >= 4 is 29.6 Å². The summed E-state index contributed by atoms with van der Waals surface area (Å²) in [5.41, 5.74) is 12.3. The Morgan fingerprint density at radius 2 is 1.30 bits per heavy atom. The fraction of sp³-hybridized carbons (Fsp3) is 0.622. The number of imidazole rings is 1. The number of nitrogens with two attached hydrogens (primary N) is 2. The Hall–Kier alpha value is -4.42. The van der Waals surface area contributed by atoms with Gasteiger partial charge in [-0.25, -0.2) is 4.98 Å². The van der Waals surface area contributed by atoms with Crippen LogP contribution < -0.4 is 32.7 Å². The smallest absolute Gasteiger partial charge is 0.243 e. The number of benzene rings is 1. The number of rotatable bonds is 28. The van der Waals surface area contributed by atoms with Gasteiger partial charge in [0.05, 0.1) is 12.0 Å². The summed E-state index contributed by atoms with van der Waals surface area (Å²) in [7, 11) is 0. The Bertz CT molecular complexity index is 1260. The van der Waals surface area contributed by atoms with E-state index in [-0.39, 0.29) is 31.1 Å². The maximum Gasteiger partial charge on any atom is 0.243 e. The van der Waals surface area contributed by atoms with Crippen molar-refractivity contribution in [2.24, 2.45) is 11.5 Å². The molecule has 0 fully saturated rings. The molecule has 0 aliphatic rings. The van der Waals surface area contributed by atoms with Gasteiger partial charge < -0.3 is 37.7 Å². The van der Waals surface area contributed by atoms with Gasteiger partial charge >= 0.3 is 0 Å². The molecule has 0 radical (unpaired) electrons. The van der Waals surface area contributed by atoms with Gasteiger partial charge in [0.25, 0.3) is 0 Å². The van der Waals surface area contributed by atoms with Crippen LogP contribution in [0.25, 0.3) is 0 Å². The van der Waals surface area contributed by atoms with E-state index < -0.39 is 35.8 Å². The second kappa shape index (κ2) is 25.5. The number of carbonyl (C=O) groups is 4. The van der Waals surface area contributed by atoms with E-state index in [1.54, 1.807) is 6.20 Å². The van der Waals surface area contributed by atoms with Crippen molar-refractivity contribution < 1.29 is 19.2 Å². The first-order chi connectivity index (χ1) is 24.2. The number of amides is 4. The number of aromatic amines is 1. The molecule has 278 valence electrons. The zero-order chi connectivity index (χ0) is 36.4. The third-order valence-electron chi connectivity index (χ3n) is 8.69. The van der Waals surface area contributed by atoms with E-state index in [4.69, 9.17) is 16.9 Å². The Balaban J connectivity index is 1.94. The average Bonchev–Trinajstić information content (AvgIpc) is 3.61. The summed E-state index contributed by atoms with van der Waals surface area (Å²) in [4.78, 5) is 59.6. The van der Waals surface area contributed by atoms with Crippen molar-refractivity contribution in [3.8, 4) is 0 Å². The highest BCUT2D eigenvalue weighted by molar-refractivity contribution is 5.94. The lowest BCUT2D eigenvalue weighted by atomic mass is 10.0. The molecule has 0 saturated heterocycles. The second-order valence-corrected chi connectivity index (χ2v) is 13.1. The molecule has 0 aliphatic carbocycles. The van der Waals surface area contributed by atoms with Crippen LogP contribution in [-0.2, 0) is 32.0 Å². The van der Waals surface area contributed by atoms with Crippen molar-refractivity contribution in [3.63, 3.8) is 0 Å². The fourth-order valence-corrected chi connectivity index (χ4v) is 5.81. The molecule has 10 N–H and O–H groups in total. The van der Waals surface area contributed by atoms with Crippen molar-refractivity contribution in [2.45, 2.75) is 141 Å². The predicted molar refractivity (Wildman–Crippen MR) is 197 cm³/mol. The molecule has 1 aromatic heterocycles. The summed E-state index contributed by atoms with van der Waals surface area (Å²) < 4.78 is 0. The number of aromatic nitrogens is 2. The van der Waals surface area contributed by atoms with Gasteiger partial charge in [-0.3, -0.25) is 24.6 Å². The molecule has 0 aliphatic heterocycles. The SMILES string of the molecule is CCCCCCCCCCCCCCCC(=O)N[C@@H](Cc1c[nH]cn1)C(=O)N[C@H](Cc1ccccc1)C(=O)N[C@@H](CCCNC(=N)N)C(N)=O. The number of nitrogens with one attached hydrogen (secondary N) is 6. The van der Waals surface area contributed by atoms with E-state index in [2.05, 4.69) is 38.2 Å². The first kappa shape index (κ1) is 41.7. The lowest BCUT2D eigenvalue weighted by molar-refractivity contribution is -0.133. The molecular formula is C37H61N9O4. The number of hydrogen-bond acceptors (Lipinski definition) is 6. The zero-order valence-corrected chi connectivity index (χ0v) is 29.9. The molecular weight excluding hydrogens is 634 g/mol. The highest BCUT2D eigenvalue weighted by atomic mass is 16.2. The fourth-order valence-electron chi connectivity index (χ4n) is 5.81. The Labute approximate surface area is 297 Å². The van der Waals surface area contributed by atoms with Crippen molar-refractivity contribution in [3.05, 3.63) is 54.1 Å². The normalized spacial score (nSPS) is 12.7. The number of hydrogen-bond donors (Lipinski definition) is 8. The molecule has 0 saturated carbocycles. The molecule has 2 rings (SSSR count). The molecule has 13 nitrogen and oxygen atoms in total. The van der Waals surface area contributed by atoms with Gasteiger partial charge in [0, 0.05) is 32.0 Å². The summed E-state index contributed by atoms with van der Waals surface area (Å²) in [6, 6.07) is 6.17. The number of primary amides is 1. The summed E-state index contributed by atoms with van der Waals surface area (Å²) >= 11 is 0. The van der Waals surface area contributed by atoms with E-state index in [1.165, 1.54) is 70.5 Å². The van der Waals surface area contributed by atoms with E-state index in [0.717, 1.165) is 24.8 Å². The largest absolute Gasteiger partial charge is 0.370 e. The number of guanidine groups is 1. The maximum absolute atomic E-state index is 13.7. The zero-order valence-electron chi connectivity index (χ0n) is 29.9. The first-order valence-corrected chi connectivity index (χ1v) is 18.5. The van der Waals surface area contributed by atoms with Gasteiger partial charge in [0.1, 0.15) is 18.1 Å². The topological polar surface area (TPSA) is 221 Å². The molecule has 1 heterocycles. The maximum atomic E-state index is 13.7. The van der Waals surface area contributed by atoms with Crippen LogP contribution in [0.4, 0.5) is 0 Å². The highest BCUT2D eigenvalue weighted by Crippen LogP contribution is 2.13. The summed E-state index contributed by atoms with van der Waals surface area (Å²) in [6.07, 6.45) is 20.1. The highest BCUT2D eigenvalue weighted by Gasteiger charge is 2.29. The lowest BCUT2D eigenvalue weighted by Crippen LogP contribution is -2.57. The Kier molecular flexibility index (Phi) is 21.3. The number of H-pyrrole nitrogens is 1. The van der Waals surface area contributed by atoms with Gasteiger partial charge in [-0.15, -0.1) is 0 Å². The van der Waals surface area contributed by atoms with Gasteiger partial charge in [0.2, 0.25) is 23.6 Å². The van der Waals surface area contributed by atoms with Crippen LogP contribution in [-0.4, -0.2) is 64.2 Å². The molecule has 0 unspecified atom stereocenters. The third kappa shape index (κ3) is 18.9.